The van der Waals surface area contributed by atoms with E-state index in [2.05, 4.69) is 5.16 Å². The first-order valence-electron chi connectivity index (χ1n) is 3.75. The Morgan fingerprint density at radius 3 is 2.64 bits per heavy atom. The summed E-state index contributed by atoms with van der Waals surface area (Å²) >= 11 is 0. The third kappa shape index (κ3) is 1.80. The maximum Gasteiger partial charge on any atom is 0.139 e. The van der Waals surface area contributed by atoms with Crippen LogP contribution in [0.2, 0.25) is 0 Å². The van der Waals surface area contributed by atoms with Crippen LogP contribution in [0.15, 0.2) is 4.52 Å². The van der Waals surface area contributed by atoms with E-state index in [1.54, 1.807) is 0 Å². The molecule has 0 unspecified atom stereocenters. The first-order valence-corrected chi connectivity index (χ1v) is 3.75. The molecule has 0 aromatic carbocycles. The Bertz CT molecular complexity index is 210. The average molecular weight is 155 g/mol. The molecule has 0 spiro atoms. The molecule has 1 heterocycles. The van der Waals surface area contributed by atoms with Crippen LogP contribution < -0.4 is 0 Å². The topological polar surface area (TPSA) is 35.3 Å². The van der Waals surface area contributed by atoms with Crippen molar-refractivity contribution in [3.8, 4) is 0 Å². The van der Waals surface area contributed by atoms with Crippen LogP contribution in [0, 0.1) is 13.8 Å². The number of rotatable bonds is 3. The summed E-state index contributed by atoms with van der Waals surface area (Å²) in [7, 11) is 0. The van der Waals surface area contributed by atoms with Crippen molar-refractivity contribution in [1.29, 1.82) is 0 Å². The van der Waals surface area contributed by atoms with E-state index < -0.39 is 0 Å². The highest BCUT2D eigenvalue weighted by Gasteiger charge is 2.07. The van der Waals surface area contributed by atoms with Crippen LogP contribution in [0.3, 0.4) is 0 Å². The van der Waals surface area contributed by atoms with Gasteiger partial charge in [0.15, 0.2) is 0 Å². The molecular weight excluding hydrogens is 142 g/mol. The van der Waals surface area contributed by atoms with E-state index in [4.69, 9.17) is 9.26 Å². The molecule has 62 valence electrons. The second-order valence-corrected chi connectivity index (χ2v) is 2.44. The summed E-state index contributed by atoms with van der Waals surface area (Å²) in [6.45, 7) is 7.12. The Labute approximate surface area is 66.3 Å². The Kier molecular flexibility index (Phi) is 2.65. The van der Waals surface area contributed by atoms with Crippen molar-refractivity contribution in [1.82, 2.24) is 5.16 Å². The molecule has 0 saturated heterocycles. The number of aryl methyl sites for hydroxylation is 2. The fourth-order valence-electron chi connectivity index (χ4n) is 0.912. The van der Waals surface area contributed by atoms with E-state index >= 15 is 0 Å². The number of hydrogen-bond donors (Lipinski definition) is 0. The SMILES string of the molecule is CCOCc1c(C)noc1C. The molecule has 1 rings (SSSR count). The fraction of sp³-hybridized carbons (Fsp3) is 0.625. The first-order chi connectivity index (χ1) is 5.25. The monoisotopic (exact) mass is 155 g/mol. The van der Waals surface area contributed by atoms with E-state index in [-0.39, 0.29) is 0 Å². The van der Waals surface area contributed by atoms with Gasteiger partial charge < -0.3 is 9.26 Å². The third-order valence-corrected chi connectivity index (χ3v) is 1.63. The van der Waals surface area contributed by atoms with Crippen molar-refractivity contribution in [3.05, 3.63) is 17.0 Å². The third-order valence-electron chi connectivity index (χ3n) is 1.63. The average Bonchev–Trinajstić information content (AvgIpc) is 2.29. The van der Waals surface area contributed by atoms with Gasteiger partial charge in [-0.15, -0.1) is 0 Å². The van der Waals surface area contributed by atoms with Gasteiger partial charge in [-0.05, 0) is 20.8 Å². The van der Waals surface area contributed by atoms with Crippen LogP contribution >= 0.6 is 0 Å². The predicted molar refractivity (Wildman–Crippen MR) is 41.3 cm³/mol. The minimum Gasteiger partial charge on any atom is -0.377 e. The minimum atomic E-state index is 0.609. The van der Waals surface area contributed by atoms with Crippen molar-refractivity contribution < 1.29 is 9.26 Å². The maximum atomic E-state index is 5.24. The van der Waals surface area contributed by atoms with E-state index in [0.717, 1.165) is 23.6 Å². The number of hydrogen-bond acceptors (Lipinski definition) is 3. The number of aromatic nitrogens is 1. The van der Waals surface area contributed by atoms with Crippen molar-refractivity contribution in [2.75, 3.05) is 6.61 Å². The van der Waals surface area contributed by atoms with Gasteiger partial charge >= 0.3 is 0 Å². The molecule has 0 atom stereocenters. The molecule has 1 aromatic rings. The largest absolute Gasteiger partial charge is 0.377 e. The fourth-order valence-corrected chi connectivity index (χ4v) is 0.912. The summed E-state index contributed by atoms with van der Waals surface area (Å²) in [4.78, 5) is 0. The quantitative estimate of drug-likeness (QED) is 0.668. The lowest BCUT2D eigenvalue weighted by molar-refractivity contribution is 0.132. The number of ether oxygens (including phenoxy) is 1. The highest BCUT2D eigenvalue weighted by molar-refractivity contribution is 5.19. The molecule has 0 bridgehead atoms. The zero-order chi connectivity index (χ0) is 8.27. The Balaban J connectivity index is 2.67. The van der Waals surface area contributed by atoms with E-state index in [1.165, 1.54) is 0 Å². The first kappa shape index (κ1) is 8.27. The zero-order valence-electron chi connectivity index (χ0n) is 7.18. The molecule has 0 amide bonds. The summed E-state index contributed by atoms with van der Waals surface area (Å²) in [6.07, 6.45) is 0. The lowest BCUT2D eigenvalue weighted by Gasteiger charge is -1.98. The van der Waals surface area contributed by atoms with Gasteiger partial charge in [-0.25, -0.2) is 0 Å². The summed E-state index contributed by atoms with van der Waals surface area (Å²) in [5.41, 5.74) is 2.00. The van der Waals surface area contributed by atoms with Crippen molar-refractivity contribution in [3.63, 3.8) is 0 Å². The molecular formula is C8H13NO2. The van der Waals surface area contributed by atoms with Crippen LogP contribution in [0.5, 0.6) is 0 Å². The van der Waals surface area contributed by atoms with Crippen molar-refractivity contribution in [2.24, 2.45) is 0 Å². The predicted octanol–water partition coefficient (Wildman–Crippen LogP) is 1.83. The highest BCUT2D eigenvalue weighted by Crippen LogP contribution is 2.12. The van der Waals surface area contributed by atoms with Gasteiger partial charge in [-0.2, -0.15) is 0 Å². The standard InChI is InChI=1S/C8H13NO2/c1-4-10-5-8-6(2)9-11-7(8)3/h4-5H2,1-3H3. The van der Waals surface area contributed by atoms with Gasteiger partial charge in [0.1, 0.15) is 5.76 Å². The lowest BCUT2D eigenvalue weighted by atomic mass is 10.2. The highest BCUT2D eigenvalue weighted by atomic mass is 16.5. The molecule has 0 aliphatic heterocycles. The van der Waals surface area contributed by atoms with E-state index in [1.807, 2.05) is 20.8 Å². The zero-order valence-corrected chi connectivity index (χ0v) is 7.18. The van der Waals surface area contributed by atoms with Crippen molar-refractivity contribution in [2.45, 2.75) is 27.4 Å². The van der Waals surface area contributed by atoms with Crippen LogP contribution in [0.4, 0.5) is 0 Å². The van der Waals surface area contributed by atoms with E-state index in [9.17, 15) is 0 Å². The van der Waals surface area contributed by atoms with Gasteiger partial charge in [0.05, 0.1) is 12.3 Å². The summed E-state index contributed by atoms with van der Waals surface area (Å²) in [5, 5.41) is 3.81. The minimum absolute atomic E-state index is 0.609. The van der Waals surface area contributed by atoms with Gasteiger partial charge in [-0.1, -0.05) is 5.16 Å². The Hall–Kier alpha value is -0.830. The lowest BCUT2D eigenvalue weighted by Crippen LogP contribution is -1.93. The smallest absolute Gasteiger partial charge is 0.139 e. The van der Waals surface area contributed by atoms with Gasteiger partial charge in [-0.3, -0.25) is 0 Å². The molecule has 1 aromatic heterocycles. The summed E-state index contributed by atoms with van der Waals surface area (Å²) in [6, 6.07) is 0. The Morgan fingerprint density at radius 2 is 2.18 bits per heavy atom. The molecule has 0 aliphatic carbocycles. The van der Waals surface area contributed by atoms with Crippen LogP contribution in [-0.4, -0.2) is 11.8 Å². The maximum absolute atomic E-state index is 5.24. The van der Waals surface area contributed by atoms with E-state index in [0.29, 0.717) is 6.61 Å². The molecule has 3 heteroatoms. The van der Waals surface area contributed by atoms with Crippen molar-refractivity contribution >= 4 is 0 Å². The van der Waals surface area contributed by atoms with Crippen LogP contribution in [0.1, 0.15) is 23.9 Å². The molecule has 0 aliphatic rings. The molecule has 0 saturated carbocycles. The van der Waals surface area contributed by atoms with Gasteiger partial charge in [0.25, 0.3) is 0 Å². The van der Waals surface area contributed by atoms with Crippen LogP contribution in [0.25, 0.3) is 0 Å². The second kappa shape index (κ2) is 3.53. The van der Waals surface area contributed by atoms with Gasteiger partial charge in [0.2, 0.25) is 0 Å². The molecule has 0 fully saturated rings. The molecule has 11 heavy (non-hydrogen) atoms. The molecule has 0 radical (unpaired) electrons. The normalized spacial score (nSPS) is 10.5. The second-order valence-electron chi connectivity index (χ2n) is 2.44. The number of nitrogens with zero attached hydrogens (tertiary/aromatic N) is 1. The molecule has 0 N–H and O–H groups in total. The summed E-state index contributed by atoms with van der Waals surface area (Å²) < 4.78 is 10.2. The van der Waals surface area contributed by atoms with Crippen LogP contribution in [-0.2, 0) is 11.3 Å². The van der Waals surface area contributed by atoms with Gasteiger partial charge in [0, 0.05) is 12.2 Å². The Morgan fingerprint density at radius 1 is 1.45 bits per heavy atom. The summed E-state index contributed by atoms with van der Waals surface area (Å²) in [5.74, 6) is 0.857. The molecule has 3 nitrogen and oxygen atoms in total.